The first-order chi connectivity index (χ1) is 5.29. The van der Waals surface area contributed by atoms with Crippen LogP contribution in [0, 0.1) is 0 Å². The number of aliphatic hydroxyl groups excluding tert-OH is 2. The second-order valence-corrected chi connectivity index (χ2v) is 1.99. The molecule has 6 nitrogen and oxygen atoms in total. The molecule has 0 fully saturated rings. The van der Waals surface area contributed by atoms with Gasteiger partial charge in [0.15, 0.2) is 0 Å². The summed E-state index contributed by atoms with van der Waals surface area (Å²) in [5.74, 6) is -2.87. The molecule has 2 atom stereocenters. The molecule has 7 heteroatoms. The summed E-state index contributed by atoms with van der Waals surface area (Å²) < 4.78 is 0. The van der Waals surface area contributed by atoms with E-state index in [0.29, 0.717) is 0 Å². The van der Waals surface area contributed by atoms with Crippen LogP contribution in [0.5, 0.6) is 0 Å². The van der Waals surface area contributed by atoms with Gasteiger partial charge in [0.05, 0.1) is 24.1 Å². The zero-order chi connectivity index (χ0) is 10.3. The molecule has 2 N–H and O–H groups in total. The number of aliphatic carboxylic acids is 2. The number of hydrogen-bond acceptors (Lipinski definition) is 6. The predicted octanol–water partition coefficient (Wildman–Crippen LogP) is -3.77. The second-order valence-electron chi connectivity index (χ2n) is 1.99. The summed E-state index contributed by atoms with van der Waals surface area (Å²) in [5.41, 5.74) is 0. The summed E-state index contributed by atoms with van der Waals surface area (Å²) >= 11 is 0. The van der Waals surface area contributed by atoms with Crippen molar-refractivity contribution in [2.75, 3.05) is 0 Å². The molecule has 0 aliphatic heterocycles. The van der Waals surface area contributed by atoms with Gasteiger partial charge in [-0.05, 0) is 13.8 Å². The molecular weight excluding hydrogens is 216 g/mol. The van der Waals surface area contributed by atoms with Crippen LogP contribution in [0.3, 0.4) is 0 Å². The predicted molar refractivity (Wildman–Crippen MR) is 33.4 cm³/mol. The van der Waals surface area contributed by atoms with E-state index in [1.807, 2.05) is 0 Å². The zero-order valence-electron chi connectivity index (χ0n) is 7.18. The van der Waals surface area contributed by atoms with E-state index in [4.69, 9.17) is 10.2 Å². The van der Waals surface area contributed by atoms with Crippen LogP contribution in [0.1, 0.15) is 13.8 Å². The molecular formula is C6H10O6Ti. The molecule has 74 valence electrons. The maximum Gasteiger partial charge on any atom is 2.00 e. The molecule has 0 aromatic carbocycles. The number of hydrogen-bond donors (Lipinski definition) is 2. The Kier molecular flexibility index (Phi) is 13.7. The van der Waals surface area contributed by atoms with Crippen molar-refractivity contribution in [2.24, 2.45) is 0 Å². The van der Waals surface area contributed by atoms with Crippen LogP contribution in [0.15, 0.2) is 0 Å². The Balaban J connectivity index is -0.000000143. The molecule has 0 aromatic rings. The van der Waals surface area contributed by atoms with Gasteiger partial charge in [0, 0.05) is 0 Å². The molecule has 0 unspecified atom stereocenters. The number of aliphatic hydroxyl groups is 2. The molecule has 0 spiro atoms. The molecule has 0 aliphatic rings. The molecule has 13 heavy (non-hydrogen) atoms. The Morgan fingerprint density at radius 1 is 1.00 bits per heavy atom. The third-order valence-electron chi connectivity index (χ3n) is 0.682. The van der Waals surface area contributed by atoms with Crippen molar-refractivity contribution in [3.63, 3.8) is 0 Å². The minimum atomic E-state index is -1.44. The standard InChI is InChI=1S/2C3H6O3.Ti/c2*1-2(4)3(5)6;/h2*2,4H,1H3,(H,5,6);/q;;+2/p-2/t2*2-;/m00./s1. The summed E-state index contributed by atoms with van der Waals surface area (Å²) in [6.45, 7) is 2.27. The SMILES string of the molecule is C[C@H](O)C(=O)[O-].C[C@H](O)C(=O)[O-].[Ti+2]. The third-order valence-corrected chi connectivity index (χ3v) is 0.682. The smallest absolute Gasteiger partial charge is 0.547 e. The van der Waals surface area contributed by atoms with E-state index in [2.05, 4.69) is 0 Å². The molecule has 0 saturated carbocycles. The molecule has 0 radical (unpaired) electrons. The fourth-order valence-corrected chi connectivity index (χ4v) is 0. The van der Waals surface area contributed by atoms with Crippen LogP contribution >= 0.6 is 0 Å². The molecule has 0 rings (SSSR count). The maximum absolute atomic E-state index is 9.34. The van der Waals surface area contributed by atoms with Crippen LogP contribution in [0.2, 0.25) is 0 Å². The summed E-state index contributed by atoms with van der Waals surface area (Å²) in [6, 6.07) is 0. The third kappa shape index (κ3) is 18.5. The van der Waals surface area contributed by atoms with E-state index in [1.165, 1.54) is 0 Å². The Morgan fingerprint density at radius 2 is 1.08 bits per heavy atom. The maximum atomic E-state index is 9.34. The molecule has 0 bridgehead atoms. The van der Waals surface area contributed by atoms with Gasteiger partial charge in [-0.1, -0.05) is 0 Å². The Morgan fingerprint density at radius 3 is 1.08 bits per heavy atom. The van der Waals surface area contributed by atoms with Crippen LogP contribution in [0.25, 0.3) is 0 Å². The minimum Gasteiger partial charge on any atom is -0.547 e. The van der Waals surface area contributed by atoms with Crippen molar-refractivity contribution in [3.8, 4) is 0 Å². The van der Waals surface area contributed by atoms with Gasteiger partial charge in [-0.3, -0.25) is 0 Å². The van der Waals surface area contributed by atoms with Gasteiger partial charge in [-0.15, -0.1) is 0 Å². The topological polar surface area (TPSA) is 121 Å². The van der Waals surface area contributed by atoms with Crippen LogP contribution < -0.4 is 10.2 Å². The Labute approximate surface area is 90.1 Å². The Bertz CT molecular complexity index is 137. The van der Waals surface area contributed by atoms with Gasteiger partial charge >= 0.3 is 21.7 Å². The monoisotopic (exact) mass is 226 g/mol. The van der Waals surface area contributed by atoms with E-state index in [1.54, 1.807) is 0 Å². The van der Waals surface area contributed by atoms with Crippen molar-refractivity contribution in [1.29, 1.82) is 0 Å². The molecule has 0 aromatic heterocycles. The van der Waals surface area contributed by atoms with E-state index in [-0.39, 0.29) is 21.7 Å². The van der Waals surface area contributed by atoms with Gasteiger partial charge in [0.2, 0.25) is 0 Å². The second kappa shape index (κ2) is 9.66. The first-order valence-corrected chi connectivity index (χ1v) is 3.06. The van der Waals surface area contributed by atoms with Gasteiger partial charge in [0.25, 0.3) is 0 Å². The van der Waals surface area contributed by atoms with Crippen molar-refractivity contribution < 1.29 is 51.7 Å². The largest absolute Gasteiger partial charge is 2.00 e. The quantitative estimate of drug-likeness (QED) is 0.466. The van der Waals surface area contributed by atoms with E-state index in [9.17, 15) is 19.8 Å². The number of carbonyl (C=O) groups is 2. The van der Waals surface area contributed by atoms with Gasteiger partial charge in [0.1, 0.15) is 0 Å². The number of carbonyl (C=O) groups excluding carboxylic acids is 2. The minimum absolute atomic E-state index is 0. The average molecular weight is 226 g/mol. The molecule has 0 saturated heterocycles. The van der Waals surface area contributed by atoms with Crippen molar-refractivity contribution >= 4 is 11.9 Å². The summed E-state index contributed by atoms with van der Waals surface area (Å²) in [4.78, 5) is 18.7. The van der Waals surface area contributed by atoms with Crippen molar-refractivity contribution in [2.45, 2.75) is 26.1 Å². The molecule has 0 aliphatic carbocycles. The van der Waals surface area contributed by atoms with Crippen LogP contribution in [0.4, 0.5) is 0 Å². The average Bonchev–Trinajstić information content (AvgIpc) is 1.88. The van der Waals surface area contributed by atoms with Gasteiger partial charge in [-0.2, -0.15) is 0 Å². The van der Waals surface area contributed by atoms with Crippen LogP contribution in [-0.2, 0) is 31.3 Å². The molecule has 0 heterocycles. The summed E-state index contributed by atoms with van der Waals surface area (Å²) in [7, 11) is 0. The molecule has 0 amide bonds. The van der Waals surface area contributed by atoms with E-state index in [0.717, 1.165) is 13.8 Å². The van der Waals surface area contributed by atoms with Crippen LogP contribution in [-0.4, -0.2) is 34.4 Å². The van der Waals surface area contributed by atoms with Crippen molar-refractivity contribution in [3.05, 3.63) is 0 Å². The van der Waals surface area contributed by atoms with E-state index >= 15 is 0 Å². The van der Waals surface area contributed by atoms with E-state index < -0.39 is 24.1 Å². The van der Waals surface area contributed by atoms with Crippen molar-refractivity contribution in [1.82, 2.24) is 0 Å². The first-order valence-electron chi connectivity index (χ1n) is 3.06. The summed E-state index contributed by atoms with van der Waals surface area (Å²) in [6.07, 6.45) is -2.69. The van der Waals surface area contributed by atoms with Gasteiger partial charge < -0.3 is 30.0 Å². The normalized spacial score (nSPS) is 12.6. The fraction of sp³-hybridized carbons (Fsp3) is 0.667. The van der Waals surface area contributed by atoms with Gasteiger partial charge in [-0.25, -0.2) is 0 Å². The number of rotatable bonds is 2. The summed E-state index contributed by atoms with van der Waals surface area (Å²) in [5, 5.41) is 34.6. The number of carboxylic acid groups (broad SMARTS) is 2. The zero-order valence-corrected chi connectivity index (χ0v) is 8.74. The fourth-order valence-electron chi connectivity index (χ4n) is 0. The Hall–Kier alpha value is -0.426. The number of carboxylic acids is 2. The first kappa shape index (κ1) is 18.4.